The average Bonchev–Trinajstić information content (AvgIpc) is 2.71. The Bertz CT molecular complexity index is 765. The van der Waals surface area contributed by atoms with Crippen LogP contribution >= 0.6 is 0 Å². The molecule has 0 fully saturated rings. The lowest BCUT2D eigenvalue weighted by Crippen LogP contribution is -2.41. The molecule has 0 saturated heterocycles. The predicted molar refractivity (Wildman–Crippen MR) is 130 cm³/mol. The van der Waals surface area contributed by atoms with Gasteiger partial charge in [-0.15, -0.1) is 0 Å². The molecule has 1 aromatic carbocycles. The van der Waals surface area contributed by atoms with E-state index < -0.39 is 23.3 Å². The number of benzene rings is 1. The number of carbonyl (C=O) groups is 1. The van der Waals surface area contributed by atoms with E-state index >= 15 is 0 Å². The van der Waals surface area contributed by atoms with Crippen molar-refractivity contribution in [1.29, 1.82) is 0 Å². The number of nitrogens with zero attached hydrogens (tertiary/aromatic N) is 2. The van der Waals surface area contributed by atoms with E-state index in [4.69, 9.17) is 0 Å². The molecular formula is C21H42F3N6O. The van der Waals surface area contributed by atoms with Gasteiger partial charge in [0.1, 0.15) is 12.0 Å². The number of rotatable bonds is 6. The van der Waals surface area contributed by atoms with Crippen molar-refractivity contribution >= 4 is 23.4 Å². The maximum atomic E-state index is 13.5. The van der Waals surface area contributed by atoms with Crippen molar-refractivity contribution in [3.63, 3.8) is 0 Å². The van der Waals surface area contributed by atoms with E-state index in [1.807, 2.05) is 34.7 Å². The summed E-state index contributed by atoms with van der Waals surface area (Å²) in [7, 11) is 1.83. The summed E-state index contributed by atoms with van der Waals surface area (Å²) in [5, 5.41) is 11.0. The lowest BCUT2D eigenvalue weighted by atomic mass is 10.1. The molecule has 4 N–H and O–H groups in total. The van der Waals surface area contributed by atoms with Crippen molar-refractivity contribution in [2.75, 3.05) is 25.5 Å². The van der Waals surface area contributed by atoms with Crippen LogP contribution in [0.3, 0.4) is 0 Å². The van der Waals surface area contributed by atoms with Gasteiger partial charge in [0.05, 0.1) is 5.56 Å². The number of carbonyl (C=O) groups excluding carboxylic acids is 1. The number of halogens is 3. The molecule has 1 aliphatic heterocycles. The van der Waals surface area contributed by atoms with Crippen molar-refractivity contribution in [3.05, 3.63) is 36.0 Å². The van der Waals surface area contributed by atoms with Gasteiger partial charge < -0.3 is 10.6 Å². The second kappa shape index (κ2) is 14.5. The summed E-state index contributed by atoms with van der Waals surface area (Å²) >= 11 is 0. The van der Waals surface area contributed by atoms with Crippen LogP contribution in [0.15, 0.2) is 28.2 Å². The molecule has 0 aromatic heterocycles. The Labute approximate surface area is 188 Å². The van der Waals surface area contributed by atoms with E-state index in [0.717, 1.165) is 18.7 Å². The summed E-state index contributed by atoms with van der Waals surface area (Å²) in [6, 6.07) is 2.23. The number of aliphatic imine (C=N–C) groups is 2. The lowest BCUT2D eigenvalue weighted by Gasteiger charge is -2.20. The van der Waals surface area contributed by atoms with Gasteiger partial charge in [0.15, 0.2) is 0 Å². The van der Waals surface area contributed by atoms with Crippen molar-refractivity contribution < 1.29 is 23.7 Å². The summed E-state index contributed by atoms with van der Waals surface area (Å²) in [6.45, 7) is 11.8. The van der Waals surface area contributed by atoms with Gasteiger partial charge in [0.25, 0.3) is 5.92 Å². The van der Waals surface area contributed by atoms with Gasteiger partial charge in [-0.25, -0.2) is 28.0 Å². The van der Waals surface area contributed by atoms with Gasteiger partial charge in [-0.3, -0.25) is 10.6 Å². The molecule has 1 radical (unpaired) electrons. The Balaban J connectivity index is -0.000000356. The van der Waals surface area contributed by atoms with Gasteiger partial charge in [-0.1, -0.05) is 27.7 Å². The lowest BCUT2D eigenvalue weighted by molar-refractivity contribution is 0.0138. The summed E-state index contributed by atoms with van der Waals surface area (Å²) < 4.78 is 40.3. The van der Waals surface area contributed by atoms with Gasteiger partial charge >= 0.3 is 6.03 Å². The number of likely N-dealkylation sites (N-methyl/N-ethyl adjacent to an activating group) is 1. The van der Waals surface area contributed by atoms with E-state index in [9.17, 15) is 18.0 Å². The number of guanidine groups is 1. The van der Waals surface area contributed by atoms with Crippen molar-refractivity contribution in [3.8, 4) is 0 Å². The highest BCUT2D eigenvalue weighted by atomic mass is 19.3. The molecule has 2 rings (SSSR count). The van der Waals surface area contributed by atoms with Gasteiger partial charge in [0.2, 0.25) is 5.96 Å². The van der Waals surface area contributed by atoms with E-state index in [2.05, 4.69) is 31.3 Å². The molecule has 2 amide bonds. The first kappa shape index (κ1) is 28.5. The van der Waals surface area contributed by atoms with Crippen molar-refractivity contribution in [2.45, 2.75) is 53.6 Å². The fraction of sp³-hybridized carbons (Fsp3) is 0.524. The molecule has 1 heterocycles. The van der Waals surface area contributed by atoms with Crippen LogP contribution in [0.1, 0.15) is 52.8 Å². The first-order valence-electron chi connectivity index (χ1n) is 10.3. The predicted octanol–water partition coefficient (Wildman–Crippen LogP) is 5.27. The number of urea groups is 1. The van der Waals surface area contributed by atoms with Crippen LogP contribution in [0.25, 0.3) is 0 Å². The molecule has 1 aliphatic rings. The Kier molecular flexibility index (Phi) is 13.4. The topological polar surface area (TPSA) is 89.9 Å². The number of hydrogen-bond acceptors (Lipinski definition) is 5. The molecule has 0 spiro atoms. The highest BCUT2D eigenvalue weighted by molar-refractivity contribution is 6.09. The Morgan fingerprint density at radius 3 is 2.39 bits per heavy atom. The average molecular weight is 452 g/mol. The molecule has 0 aliphatic carbocycles. The fourth-order valence-electron chi connectivity index (χ4n) is 2.34. The van der Waals surface area contributed by atoms with Crippen molar-refractivity contribution in [2.24, 2.45) is 9.98 Å². The summed E-state index contributed by atoms with van der Waals surface area (Å²) in [5.74, 6) is -4.33. The number of nitrogens with one attached hydrogen (secondary N) is 4. The molecule has 0 saturated carbocycles. The Hall–Kier alpha value is -2.46. The largest absolute Gasteiger partial charge is 0.326 e. The Morgan fingerprint density at radius 2 is 1.81 bits per heavy atom. The van der Waals surface area contributed by atoms with Gasteiger partial charge in [-0.2, -0.15) is 0 Å². The molecule has 1 aromatic rings. The molecular weight excluding hydrogens is 409 g/mol. The monoisotopic (exact) mass is 451 g/mol. The zero-order valence-electron chi connectivity index (χ0n) is 19.2. The molecule has 10 heteroatoms. The third-order valence-electron chi connectivity index (χ3n) is 3.59. The fourth-order valence-corrected chi connectivity index (χ4v) is 2.34. The van der Waals surface area contributed by atoms with Crippen LogP contribution < -0.4 is 21.3 Å². The zero-order chi connectivity index (χ0) is 24.0. The first-order valence-corrected chi connectivity index (χ1v) is 10.3. The third kappa shape index (κ3) is 10.4. The number of anilines is 1. The highest BCUT2D eigenvalue weighted by Gasteiger charge is 2.28. The molecule has 1 unspecified atom stereocenters. The molecule has 0 bridgehead atoms. The Morgan fingerprint density at radius 1 is 1.16 bits per heavy atom. The highest BCUT2D eigenvalue weighted by Crippen LogP contribution is 2.31. The quantitative estimate of drug-likeness (QED) is 0.445. The first-order chi connectivity index (χ1) is 14.7. The van der Waals surface area contributed by atoms with Crippen LogP contribution in [0.4, 0.5) is 23.7 Å². The second-order valence-corrected chi connectivity index (χ2v) is 6.04. The maximum absolute atomic E-state index is 13.5. The molecule has 31 heavy (non-hydrogen) atoms. The number of alkyl halides is 2. The maximum Gasteiger partial charge on any atom is 0.326 e. The standard InChI is InChI=1S/C17H22F3N6O.2C2H6.4H2/c1-10-8-14(22-7-6-21-3)25-15(23-10)26-16(27)24-11-4-5-13(18)12(9-11)17(2,19)20;2*1-2;;;;/h4-5,8-9,14,21-22H,6-7H2,1-3H3,(H2,24,25,26,27);2*1-2H3;4*1H. The summed E-state index contributed by atoms with van der Waals surface area (Å²) in [5.41, 5.74) is -0.109. The number of amides is 2. The minimum atomic E-state index is -3.37. The van der Waals surface area contributed by atoms with Gasteiger partial charge in [-0.05, 0) is 32.2 Å². The van der Waals surface area contributed by atoms with Crippen LogP contribution in [-0.4, -0.2) is 44.0 Å². The van der Waals surface area contributed by atoms with Crippen LogP contribution in [0.2, 0.25) is 0 Å². The minimum Gasteiger partial charge on any atom is -0.318 e. The van der Waals surface area contributed by atoms with Gasteiger partial charge in [0, 0.05) is 43.5 Å². The van der Waals surface area contributed by atoms with Crippen LogP contribution in [-0.2, 0) is 5.92 Å². The van der Waals surface area contributed by atoms with E-state index in [1.54, 1.807) is 13.3 Å². The molecule has 1 atom stereocenters. The minimum absolute atomic E-state index is 0. The van der Waals surface area contributed by atoms with E-state index in [0.29, 0.717) is 19.2 Å². The summed E-state index contributed by atoms with van der Waals surface area (Å²) in [6.07, 6.45) is 1.45. The second-order valence-electron chi connectivity index (χ2n) is 6.04. The van der Waals surface area contributed by atoms with E-state index in [-0.39, 0.29) is 23.5 Å². The van der Waals surface area contributed by atoms with Crippen LogP contribution in [0, 0.1) is 12.2 Å². The SMILES string of the molecule is CC.CC.CNCCNC1[CH]C(C)=NC(NC(=O)Nc2ccc(F)c(C(C)(F)F)c2)=N1.[HH].[HH].[HH].[HH]. The zero-order valence-corrected chi connectivity index (χ0v) is 19.2. The normalized spacial score (nSPS) is 15.4. The number of hydrogen-bond donors (Lipinski definition) is 4. The van der Waals surface area contributed by atoms with E-state index in [1.165, 1.54) is 6.07 Å². The molecule has 183 valence electrons. The molecule has 7 nitrogen and oxygen atoms in total. The van der Waals surface area contributed by atoms with Crippen molar-refractivity contribution in [1.82, 2.24) is 16.0 Å². The summed E-state index contributed by atoms with van der Waals surface area (Å²) in [4.78, 5) is 20.5. The van der Waals surface area contributed by atoms with Crippen LogP contribution in [0.5, 0.6) is 0 Å². The smallest absolute Gasteiger partial charge is 0.318 e. The third-order valence-corrected chi connectivity index (χ3v) is 3.59.